The first-order valence-electron chi connectivity index (χ1n) is 6.55. The highest BCUT2D eigenvalue weighted by molar-refractivity contribution is 6.15. The van der Waals surface area contributed by atoms with Gasteiger partial charge in [0.25, 0.3) is 11.8 Å². The molecule has 0 saturated carbocycles. The van der Waals surface area contributed by atoms with Gasteiger partial charge in [-0.15, -0.1) is 0 Å². The Hall–Kier alpha value is -2.90. The van der Waals surface area contributed by atoms with E-state index in [9.17, 15) is 9.59 Å². The van der Waals surface area contributed by atoms with Gasteiger partial charge in [-0.25, -0.2) is 11.7 Å². The van der Waals surface area contributed by atoms with Crippen molar-refractivity contribution in [1.82, 2.24) is 10.9 Å². The molecule has 2 aromatic rings. The molecule has 0 fully saturated rings. The van der Waals surface area contributed by atoms with Gasteiger partial charge in [0.2, 0.25) is 0 Å². The number of fused-ring (bicyclic) bond motifs is 2. The molecule has 0 atom stereocenters. The minimum absolute atomic E-state index is 0.375. The number of ether oxygens (including phenoxy) is 1. The number of nitrogens with two attached hydrogens (primary N) is 2. The molecule has 22 heavy (non-hydrogen) atoms. The van der Waals surface area contributed by atoms with Crippen LogP contribution in [0.4, 0.5) is 0 Å². The summed E-state index contributed by atoms with van der Waals surface area (Å²) in [6, 6.07) is 13.5. The highest BCUT2D eigenvalue weighted by Crippen LogP contribution is 2.48. The predicted molar refractivity (Wildman–Crippen MR) is 78.4 cm³/mol. The Kier molecular flexibility index (Phi) is 3.28. The van der Waals surface area contributed by atoms with Gasteiger partial charge in [-0.1, -0.05) is 36.4 Å². The van der Waals surface area contributed by atoms with Gasteiger partial charge in [0.05, 0.1) is 0 Å². The fourth-order valence-corrected chi connectivity index (χ4v) is 2.80. The third kappa shape index (κ3) is 1.70. The summed E-state index contributed by atoms with van der Waals surface area (Å²) in [6.07, 6.45) is 0. The molecule has 0 spiro atoms. The van der Waals surface area contributed by atoms with Crippen LogP contribution in [0.5, 0.6) is 11.5 Å². The second-order valence-electron chi connectivity index (χ2n) is 4.79. The van der Waals surface area contributed by atoms with Crippen LogP contribution in [0.15, 0.2) is 48.5 Å². The lowest BCUT2D eigenvalue weighted by molar-refractivity contribution is -0.136. The first-order chi connectivity index (χ1) is 10.7. The van der Waals surface area contributed by atoms with E-state index < -0.39 is 17.2 Å². The van der Waals surface area contributed by atoms with Crippen LogP contribution < -0.4 is 27.3 Å². The summed E-state index contributed by atoms with van der Waals surface area (Å²) in [6.45, 7) is 0. The van der Waals surface area contributed by atoms with Crippen molar-refractivity contribution in [2.45, 2.75) is 5.41 Å². The topological polar surface area (TPSA) is 119 Å². The van der Waals surface area contributed by atoms with Gasteiger partial charge >= 0.3 is 0 Å². The van der Waals surface area contributed by atoms with Crippen LogP contribution in [-0.4, -0.2) is 11.8 Å². The molecule has 0 bridgehead atoms. The van der Waals surface area contributed by atoms with E-state index in [1.165, 1.54) is 0 Å². The number of benzene rings is 2. The van der Waals surface area contributed by atoms with Gasteiger partial charge in [0.1, 0.15) is 11.5 Å². The standard InChI is InChI=1S/C15H14N4O3/c16-18-13(20)15(14(21)19-17)9-5-1-3-7-11(9)22-12-8-4-2-6-10(12)15/h1-8H,16-17H2,(H,18,20)(H,19,21). The minimum Gasteiger partial charge on any atom is -0.457 e. The van der Waals surface area contributed by atoms with Gasteiger partial charge in [-0.3, -0.25) is 20.4 Å². The average molecular weight is 298 g/mol. The monoisotopic (exact) mass is 298 g/mol. The summed E-state index contributed by atoms with van der Waals surface area (Å²) in [5.74, 6) is 10.1. The zero-order chi connectivity index (χ0) is 15.7. The maximum absolute atomic E-state index is 12.6. The summed E-state index contributed by atoms with van der Waals surface area (Å²) < 4.78 is 5.78. The lowest BCUT2D eigenvalue weighted by Gasteiger charge is -2.36. The second kappa shape index (κ2) is 5.14. The Morgan fingerprint density at radius 1 is 0.818 bits per heavy atom. The Bertz CT molecular complexity index is 696. The molecular formula is C15H14N4O3. The van der Waals surface area contributed by atoms with Crippen LogP contribution >= 0.6 is 0 Å². The molecule has 2 amide bonds. The molecule has 0 aliphatic carbocycles. The highest BCUT2D eigenvalue weighted by Gasteiger charge is 2.54. The molecule has 0 saturated heterocycles. The molecule has 7 nitrogen and oxygen atoms in total. The van der Waals surface area contributed by atoms with Crippen LogP contribution in [0.1, 0.15) is 11.1 Å². The molecule has 3 rings (SSSR count). The molecule has 1 aliphatic rings. The smallest absolute Gasteiger partial charge is 0.258 e. The van der Waals surface area contributed by atoms with E-state index in [1.54, 1.807) is 48.5 Å². The van der Waals surface area contributed by atoms with Crippen LogP contribution in [-0.2, 0) is 15.0 Å². The number of hydrogen-bond acceptors (Lipinski definition) is 5. The van der Waals surface area contributed by atoms with E-state index >= 15 is 0 Å². The first kappa shape index (κ1) is 14.1. The molecule has 112 valence electrons. The maximum Gasteiger partial charge on any atom is 0.258 e. The summed E-state index contributed by atoms with van der Waals surface area (Å²) >= 11 is 0. The van der Waals surface area contributed by atoms with Crippen LogP contribution in [0.3, 0.4) is 0 Å². The molecule has 0 unspecified atom stereocenters. The molecule has 2 aromatic carbocycles. The van der Waals surface area contributed by atoms with E-state index in [0.29, 0.717) is 22.6 Å². The molecule has 0 radical (unpaired) electrons. The molecule has 7 heteroatoms. The molecule has 6 N–H and O–H groups in total. The number of hydrazine groups is 2. The van der Waals surface area contributed by atoms with Gasteiger partial charge in [-0.2, -0.15) is 0 Å². The fraction of sp³-hybridized carbons (Fsp3) is 0.0667. The second-order valence-corrected chi connectivity index (χ2v) is 4.79. The lowest BCUT2D eigenvalue weighted by Crippen LogP contribution is -2.59. The quantitative estimate of drug-likeness (QED) is 0.270. The zero-order valence-electron chi connectivity index (χ0n) is 11.5. The number of carbonyl (C=O) groups is 2. The number of para-hydroxylation sites is 2. The van der Waals surface area contributed by atoms with E-state index in [2.05, 4.69) is 10.9 Å². The number of amides is 2. The summed E-state index contributed by atoms with van der Waals surface area (Å²) in [4.78, 5) is 25.2. The van der Waals surface area contributed by atoms with E-state index in [-0.39, 0.29) is 0 Å². The van der Waals surface area contributed by atoms with Crippen molar-refractivity contribution >= 4 is 11.8 Å². The van der Waals surface area contributed by atoms with Crippen molar-refractivity contribution in [2.24, 2.45) is 11.7 Å². The van der Waals surface area contributed by atoms with Gasteiger partial charge in [0.15, 0.2) is 5.41 Å². The van der Waals surface area contributed by atoms with E-state index in [0.717, 1.165) is 0 Å². The fourth-order valence-electron chi connectivity index (χ4n) is 2.80. The summed E-state index contributed by atoms with van der Waals surface area (Å²) in [7, 11) is 0. The molecule has 0 aromatic heterocycles. The maximum atomic E-state index is 12.6. The van der Waals surface area contributed by atoms with Crippen molar-refractivity contribution in [3.63, 3.8) is 0 Å². The zero-order valence-corrected chi connectivity index (χ0v) is 11.5. The SMILES string of the molecule is NNC(=O)C1(C(=O)NN)c2ccccc2Oc2ccccc21. The predicted octanol–water partition coefficient (Wildman–Crippen LogP) is 0.0582. The van der Waals surface area contributed by atoms with Gasteiger partial charge in [0, 0.05) is 11.1 Å². The molecular weight excluding hydrogens is 284 g/mol. The lowest BCUT2D eigenvalue weighted by atomic mass is 9.71. The van der Waals surface area contributed by atoms with E-state index in [4.69, 9.17) is 16.4 Å². The third-order valence-corrected chi connectivity index (χ3v) is 3.75. The van der Waals surface area contributed by atoms with Crippen molar-refractivity contribution in [2.75, 3.05) is 0 Å². The number of carbonyl (C=O) groups excluding carboxylic acids is 2. The van der Waals surface area contributed by atoms with E-state index in [1.807, 2.05) is 0 Å². The average Bonchev–Trinajstić information content (AvgIpc) is 2.58. The molecule has 1 heterocycles. The van der Waals surface area contributed by atoms with Crippen molar-refractivity contribution < 1.29 is 14.3 Å². The highest BCUT2D eigenvalue weighted by atomic mass is 16.5. The third-order valence-electron chi connectivity index (χ3n) is 3.75. The van der Waals surface area contributed by atoms with Crippen LogP contribution in [0.25, 0.3) is 0 Å². The normalized spacial score (nSPS) is 14.1. The van der Waals surface area contributed by atoms with Crippen molar-refractivity contribution in [1.29, 1.82) is 0 Å². The van der Waals surface area contributed by atoms with Crippen LogP contribution in [0, 0.1) is 0 Å². The van der Waals surface area contributed by atoms with Gasteiger partial charge in [-0.05, 0) is 12.1 Å². The molecule has 1 aliphatic heterocycles. The number of hydrogen-bond donors (Lipinski definition) is 4. The Labute approximate surface area is 126 Å². The number of nitrogens with one attached hydrogen (secondary N) is 2. The first-order valence-corrected chi connectivity index (χ1v) is 6.55. The Morgan fingerprint density at radius 3 is 1.64 bits per heavy atom. The summed E-state index contributed by atoms with van der Waals surface area (Å²) in [5.41, 5.74) is 3.16. The van der Waals surface area contributed by atoms with Gasteiger partial charge < -0.3 is 4.74 Å². The minimum atomic E-state index is -1.71. The Balaban J connectivity index is 2.41. The Morgan fingerprint density at radius 2 is 1.23 bits per heavy atom. The summed E-state index contributed by atoms with van der Waals surface area (Å²) in [5, 5.41) is 0. The van der Waals surface area contributed by atoms with Crippen molar-refractivity contribution in [3.05, 3.63) is 59.7 Å². The van der Waals surface area contributed by atoms with Crippen molar-refractivity contribution in [3.8, 4) is 11.5 Å². The number of rotatable bonds is 2. The van der Waals surface area contributed by atoms with Crippen LogP contribution in [0.2, 0.25) is 0 Å². The largest absolute Gasteiger partial charge is 0.457 e.